The first-order valence-electron chi connectivity index (χ1n) is 15.6. The number of rotatable bonds is 2. The number of hydrogen-bond donors (Lipinski definition) is 0. The quantitative estimate of drug-likeness (QED) is 0.204. The Balaban J connectivity index is 1.23. The Labute approximate surface area is 260 Å². The van der Waals surface area contributed by atoms with Crippen molar-refractivity contribution in [3.8, 4) is 23.1 Å². The van der Waals surface area contributed by atoms with Crippen molar-refractivity contribution < 1.29 is 4.74 Å². The molecular formula is C40H30N4O. The summed E-state index contributed by atoms with van der Waals surface area (Å²) in [5, 5.41) is 4.88. The van der Waals surface area contributed by atoms with Crippen molar-refractivity contribution in [1.82, 2.24) is 19.1 Å². The van der Waals surface area contributed by atoms with Gasteiger partial charge in [0, 0.05) is 67.5 Å². The molecule has 0 saturated heterocycles. The van der Waals surface area contributed by atoms with Gasteiger partial charge in [-0.25, -0.2) is 9.97 Å². The van der Waals surface area contributed by atoms with E-state index in [9.17, 15) is 0 Å². The molecule has 4 aromatic heterocycles. The highest BCUT2D eigenvalue weighted by Gasteiger charge is 2.39. The van der Waals surface area contributed by atoms with Gasteiger partial charge in [0.05, 0.1) is 22.1 Å². The Morgan fingerprint density at radius 1 is 0.533 bits per heavy atom. The van der Waals surface area contributed by atoms with Crippen molar-refractivity contribution in [3.05, 3.63) is 132 Å². The molecule has 0 bridgehead atoms. The largest absolute Gasteiger partial charge is 0.457 e. The lowest BCUT2D eigenvalue weighted by Gasteiger charge is -2.35. The lowest BCUT2D eigenvalue weighted by molar-refractivity contribution is 0.462. The van der Waals surface area contributed by atoms with Gasteiger partial charge in [0.25, 0.3) is 0 Å². The molecule has 10 rings (SSSR count). The van der Waals surface area contributed by atoms with Gasteiger partial charge in [-0.3, -0.25) is 9.13 Å². The number of benzene rings is 4. The smallest absolute Gasteiger partial charge is 0.141 e. The molecule has 0 saturated carbocycles. The maximum absolute atomic E-state index is 6.96. The second-order valence-electron chi connectivity index (χ2n) is 13.5. The standard InChI is InChI=1S/C40H30N4O/c1-39(2)28-12-7-11-26-25-17-16-23(22-32(25)44(35(26)28)37-29(39)13-8-20-41-37)45-33-19-18-27-24-10-5-6-15-31(24)43-36(27)34(33)40(3,4)30-14-9-21-42-38(30)43/h5-22H,1-4H3. The van der Waals surface area contributed by atoms with E-state index in [0.717, 1.165) is 34.2 Å². The maximum atomic E-state index is 6.96. The van der Waals surface area contributed by atoms with E-state index in [1.807, 2.05) is 24.5 Å². The van der Waals surface area contributed by atoms with Gasteiger partial charge >= 0.3 is 0 Å². The van der Waals surface area contributed by atoms with Gasteiger partial charge in [0.1, 0.15) is 23.1 Å². The van der Waals surface area contributed by atoms with E-state index in [2.05, 4.69) is 122 Å². The molecule has 45 heavy (non-hydrogen) atoms. The molecule has 5 nitrogen and oxygen atoms in total. The van der Waals surface area contributed by atoms with E-state index < -0.39 is 0 Å². The van der Waals surface area contributed by atoms with Crippen molar-refractivity contribution in [2.24, 2.45) is 0 Å². The third kappa shape index (κ3) is 2.98. The normalized spacial score (nSPS) is 15.5. The van der Waals surface area contributed by atoms with Crippen LogP contribution in [-0.2, 0) is 10.8 Å². The number of pyridine rings is 2. The Kier molecular flexibility index (Phi) is 4.54. The van der Waals surface area contributed by atoms with Gasteiger partial charge in [-0.2, -0.15) is 0 Å². The van der Waals surface area contributed by atoms with Crippen molar-refractivity contribution in [2.45, 2.75) is 38.5 Å². The fourth-order valence-electron chi connectivity index (χ4n) is 8.32. The third-order valence-corrected chi connectivity index (χ3v) is 10.4. The number of nitrogens with zero attached hydrogens (tertiary/aromatic N) is 4. The van der Waals surface area contributed by atoms with Gasteiger partial charge in [-0.1, -0.05) is 76.2 Å². The summed E-state index contributed by atoms with van der Waals surface area (Å²) in [4.78, 5) is 9.83. The molecule has 2 aliphatic heterocycles. The summed E-state index contributed by atoms with van der Waals surface area (Å²) >= 11 is 0. The molecule has 0 fully saturated rings. The number of ether oxygens (including phenoxy) is 1. The van der Waals surface area contributed by atoms with Crippen LogP contribution in [0.5, 0.6) is 11.5 Å². The van der Waals surface area contributed by atoms with Crippen LogP contribution in [-0.4, -0.2) is 19.1 Å². The van der Waals surface area contributed by atoms with E-state index in [1.54, 1.807) is 0 Å². The lowest BCUT2D eigenvalue weighted by Crippen LogP contribution is -2.27. The molecule has 6 heterocycles. The van der Waals surface area contributed by atoms with Crippen molar-refractivity contribution in [2.75, 3.05) is 0 Å². The molecule has 0 amide bonds. The molecule has 0 atom stereocenters. The van der Waals surface area contributed by atoms with Crippen LogP contribution in [0.2, 0.25) is 0 Å². The highest BCUT2D eigenvalue weighted by molar-refractivity contribution is 6.13. The van der Waals surface area contributed by atoms with Crippen LogP contribution in [0.3, 0.4) is 0 Å². The van der Waals surface area contributed by atoms with E-state index in [4.69, 9.17) is 14.7 Å². The van der Waals surface area contributed by atoms with E-state index in [-0.39, 0.29) is 10.8 Å². The second-order valence-corrected chi connectivity index (χ2v) is 13.5. The van der Waals surface area contributed by atoms with Crippen LogP contribution in [0.1, 0.15) is 49.9 Å². The first kappa shape index (κ1) is 25.0. The van der Waals surface area contributed by atoms with Gasteiger partial charge in [-0.05, 0) is 48.0 Å². The average molecular weight is 583 g/mol. The predicted molar refractivity (Wildman–Crippen MR) is 181 cm³/mol. The zero-order valence-electron chi connectivity index (χ0n) is 25.6. The van der Waals surface area contributed by atoms with Crippen molar-refractivity contribution in [3.63, 3.8) is 0 Å². The molecule has 0 N–H and O–H groups in total. The molecule has 8 aromatic rings. The summed E-state index contributed by atoms with van der Waals surface area (Å²) in [6, 6.07) is 34.6. The zero-order chi connectivity index (χ0) is 30.2. The molecule has 2 aliphatic rings. The van der Waals surface area contributed by atoms with Crippen LogP contribution in [0.15, 0.2) is 109 Å². The molecule has 0 aliphatic carbocycles. The lowest BCUT2D eigenvalue weighted by atomic mass is 9.75. The van der Waals surface area contributed by atoms with Crippen LogP contribution in [0.4, 0.5) is 0 Å². The van der Waals surface area contributed by atoms with E-state index >= 15 is 0 Å². The number of para-hydroxylation sites is 2. The summed E-state index contributed by atoms with van der Waals surface area (Å²) in [5.41, 5.74) is 9.08. The van der Waals surface area contributed by atoms with Crippen molar-refractivity contribution >= 4 is 43.6 Å². The molecule has 0 spiro atoms. The Morgan fingerprint density at radius 3 is 1.96 bits per heavy atom. The predicted octanol–water partition coefficient (Wildman–Crippen LogP) is 9.74. The maximum Gasteiger partial charge on any atom is 0.141 e. The van der Waals surface area contributed by atoms with E-state index in [1.165, 1.54) is 54.8 Å². The van der Waals surface area contributed by atoms with Gasteiger partial charge in [0.15, 0.2) is 0 Å². The molecular weight excluding hydrogens is 552 g/mol. The fraction of sp³-hybridized carbons (Fsp3) is 0.150. The number of fused-ring (bicyclic) bond motifs is 10. The topological polar surface area (TPSA) is 44.9 Å². The Morgan fingerprint density at radius 2 is 1.16 bits per heavy atom. The first-order chi connectivity index (χ1) is 21.9. The minimum absolute atomic E-state index is 0.153. The summed E-state index contributed by atoms with van der Waals surface area (Å²) in [6.07, 6.45) is 3.79. The SMILES string of the molecule is CC1(C)c2cccnc2-n2c3cc(Oc4ccc5c6ccccc6n6c5c4C(C)(C)c4cccnc4-6)ccc3c3cccc1c32. The molecule has 0 radical (unpaired) electrons. The van der Waals surface area contributed by atoms with Crippen LogP contribution in [0.25, 0.3) is 55.2 Å². The summed E-state index contributed by atoms with van der Waals surface area (Å²) in [7, 11) is 0. The number of aromatic nitrogens is 4. The van der Waals surface area contributed by atoms with Crippen molar-refractivity contribution in [1.29, 1.82) is 0 Å². The Hall–Kier alpha value is -5.42. The summed E-state index contributed by atoms with van der Waals surface area (Å²) in [6.45, 7) is 9.17. The summed E-state index contributed by atoms with van der Waals surface area (Å²) < 4.78 is 11.6. The summed E-state index contributed by atoms with van der Waals surface area (Å²) in [5.74, 6) is 3.64. The van der Waals surface area contributed by atoms with Crippen LogP contribution in [0, 0.1) is 0 Å². The minimum atomic E-state index is -0.327. The first-order valence-corrected chi connectivity index (χ1v) is 15.6. The minimum Gasteiger partial charge on any atom is -0.457 e. The second kappa shape index (κ2) is 8.19. The highest BCUT2D eigenvalue weighted by Crippen LogP contribution is 2.52. The van der Waals surface area contributed by atoms with Crippen LogP contribution < -0.4 is 4.74 Å². The van der Waals surface area contributed by atoms with E-state index in [0.29, 0.717) is 0 Å². The van der Waals surface area contributed by atoms with Gasteiger partial charge in [0.2, 0.25) is 0 Å². The number of hydrogen-bond acceptors (Lipinski definition) is 3. The van der Waals surface area contributed by atoms with Gasteiger partial charge < -0.3 is 4.74 Å². The third-order valence-electron chi connectivity index (χ3n) is 10.4. The van der Waals surface area contributed by atoms with Crippen LogP contribution >= 0.6 is 0 Å². The highest BCUT2D eigenvalue weighted by atomic mass is 16.5. The fourth-order valence-corrected chi connectivity index (χ4v) is 8.32. The Bertz CT molecular complexity index is 2580. The molecule has 0 unspecified atom stereocenters. The molecule has 216 valence electrons. The molecule has 5 heteroatoms. The zero-order valence-corrected chi connectivity index (χ0v) is 25.6. The molecule has 4 aromatic carbocycles. The monoisotopic (exact) mass is 582 g/mol. The van der Waals surface area contributed by atoms with Gasteiger partial charge in [-0.15, -0.1) is 0 Å². The average Bonchev–Trinajstić information content (AvgIpc) is 3.56.